The van der Waals surface area contributed by atoms with Gasteiger partial charge in [0.15, 0.2) is 0 Å². The number of aliphatic hydroxyl groups excluding tert-OH is 2. The standard InChI is InChI=1S/C26H38NO5S.B.U.W/c1-16-8-7-9-17(2)24(30)19(4)25(31)26(5,6)22(28)13-23(29)32-21(11-10-16)18(3)12-20-14-33-15-27-20;;;/h10,12,14,17,19,21-22,24,28,30H,7-9,11,13H2,1-6H3;;;/q-1;;;/b16-10-,18-12+;;;/t17-,19+,21-,22-,24-;;;/m0.../s1. The summed E-state index contributed by atoms with van der Waals surface area (Å²) in [5, 5.41) is 23.4. The maximum Gasteiger partial charge on any atom is 0.309 e. The predicted molar refractivity (Wildman–Crippen MR) is 136 cm³/mol. The van der Waals surface area contributed by atoms with Crippen molar-refractivity contribution in [3.63, 3.8) is 0 Å². The maximum atomic E-state index is 13.1. The summed E-state index contributed by atoms with van der Waals surface area (Å²) in [5.41, 5.74) is 4.41. The van der Waals surface area contributed by atoms with E-state index in [1.54, 1.807) is 20.8 Å². The molecule has 1 aliphatic heterocycles. The van der Waals surface area contributed by atoms with Gasteiger partial charge in [0.05, 0.1) is 24.0 Å². The summed E-state index contributed by atoms with van der Waals surface area (Å²) in [7, 11) is 0. The fourth-order valence-corrected chi connectivity index (χ4v) is 4.67. The number of thiazole rings is 1. The van der Waals surface area contributed by atoms with Crippen molar-refractivity contribution in [2.75, 3.05) is 0 Å². The number of rotatable bonds is 2. The van der Waals surface area contributed by atoms with Gasteiger partial charge >= 0.3 is 5.97 Å². The van der Waals surface area contributed by atoms with Crippen LogP contribution in [0.25, 0.3) is 6.08 Å². The van der Waals surface area contributed by atoms with Crippen molar-refractivity contribution in [3.8, 4) is 0 Å². The van der Waals surface area contributed by atoms with Crippen LogP contribution in [0.1, 0.15) is 79.3 Å². The molecule has 0 fully saturated rings. The molecule has 1 aliphatic rings. The molecular formula is C26H38BNO5SUW-. The second-order valence-corrected chi connectivity index (χ2v) is 10.6. The molecule has 197 valence electrons. The number of cyclic esters (lactones) is 1. The largest absolute Gasteiger partial charge is 0.457 e. The van der Waals surface area contributed by atoms with Crippen LogP contribution in [0, 0.1) is 53.9 Å². The van der Waals surface area contributed by atoms with Crippen molar-refractivity contribution in [3.05, 3.63) is 33.8 Å². The number of ketones is 1. The molecule has 2 rings (SSSR count). The summed E-state index contributed by atoms with van der Waals surface area (Å²) in [5.74, 6) is -1.50. The number of hydrogen-bond donors (Lipinski definition) is 2. The van der Waals surface area contributed by atoms with Gasteiger partial charge in [-0.1, -0.05) is 45.0 Å². The van der Waals surface area contributed by atoms with E-state index in [0.29, 0.717) is 6.42 Å². The maximum absolute atomic E-state index is 13.1. The summed E-state index contributed by atoms with van der Waals surface area (Å²) in [6, 6.07) is 0. The minimum absolute atomic E-state index is 0. The molecular weight excluding hydrogens is 871 g/mol. The third kappa shape index (κ3) is 11.0. The van der Waals surface area contributed by atoms with Crippen LogP contribution in [0.3, 0.4) is 0 Å². The van der Waals surface area contributed by atoms with Crippen LogP contribution in [0.15, 0.2) is 22.6 Å². The number of Topliss-reactive ketones (excluding diaryl/α,β-unsaturated/α-hetero) is 1. The summed E-state index contributed by atoms with van der Waals surface area (Å²) in [6.45, 7) is 10.8. The Labute approximate surface area is 260 Å². The van der Waals surface area contributed by atoms with Gasteiger partial charge < -0.3 is 19.9 Å². The number of aromatic nitrogens is 1. The Balaban J connectivity index is 0. The van der Waals surface area contributed by atoms with Gasteiger partial charge in [-0.2, -0.15) is 0 Å². The van der Waals surface area contributed by atoms with E-state index in [-0.39, 0.29) is 78.7 Å². The summed E-state index contributed by atoms with van der Waals surface area (Å²) >= 11 is 1.37. The zero-order chi connectivity index (χ0) is 24.8. The van der Waals surface area contributed by atoms with Gasteiger partial charge in [-0.25, -0.2) is 0 Å². The van der Waals surface area contributed by atoms with Gasteiger partial charge in [-0.05, 0) is 50.1 Å². The number of carbonyl (C=O) groups is 2. The number of carbonyl (C=O) groups excluding carboxylic acids is 2. The summed E-state index contributed by atoms with van der Waals surface area (Å²) in [6.07, 6.45) is 4.23. The molecule has 5 atom stereocenters. The first kappa shape index (κ1) is 38.1. The number of hydrogen-bond acceptors (Lipinski definition) is 7. The smallest absolute Gasteiger partial charge is 0.309 e. The van der Waals surface area contributed by atoms with Gasteiger partial charge in [0.1, 0.15) is 11.9 Å². The average molecular weight is 909 g/mol. The Morgan fingerprint density at radius 2 is 1.92 bits per heavy atom. The average Bonchev–Trinajstić information content (AvgIpc) is 3.26. The molecule has 0 aromatic carbocycles. The number of allylic oxidation sites excluding steroid dienone is 1. The minimum Gasteiger partial charge on any atom is -0.457 e. The molecule has 0 amide bonds. The van der Waals surface area contributed by atoms with E-state index >= 15 is 0 Å². The van der Waals surface area contributed by atoms with Crippen LogP contribution in [-0.4, -0.2) is 53.7 Å². The summed E-state index contributed by atoms with van der Waals surface area (Å²) in [4.78, 5) is 30.1. The molecule has 0 saturated carbocycles. The molecule has 0 unspecified atom stereocenters. The fourth-order valence-electron chi connectivity index (χ4n) is 4.21. The molecule has 36 heavy (non-hydrogen) atoms. The van der Waals surface area contributed by atoms with Gasteiger partial charge in [0, 0.05) is 72.9 Å². The first-order valence-electron chi connectivity index (χ1n) is 11.7. The zero-order valence-electron chi connectivity index (χ0n) is 22.1. The van der Waals surface area contributed by atoms with Crippen LogP contribution in [-0.2, 0) is 35.4 Å². The Morgan fingerprint density at radius 1 is 1.28 bits per heavy atom. The van der Waals surface area contributed by atoms with E-state index in [4.69, 9.17) is 4.74 Å². The summed E-state index contributed by atoms with van der Waals surface area (Å²) < 4.78 is 5.77. The molecule has 10 heteroatoms. The van der Waals surface area contributed by atoms with E-state index in [1.165, 1.54) is 16.9 Å². The van der Waals surface area contributed by atoms with Crippen LogP contribution in [0.4, 0.5) is 0 Å². The van der Waals surface area contributed by atoms with Crippen molar-refractivity contribution in [1.82, 2.24) is 4.98 Å². The molecule has 1 aromatic rings. The van der Waals surface area contributed by atoms with E-state index in [9.17, 15) is 19.8 Å². The van der Waals surface area contributed by atoms with Crippen LogP contribution >= 0.6 is 11.3 Å². The molecule has 0 saturated heterocycles. The van der Waals surface area contributed by atoms with E-state index in [2.05, 4.69) is 23.5 Å². The number of esters is 1. The normalized spacial score (nSPS) is 29.9. The first-order valence-corrected chi connectivity index (χ1v) is 12.6. The monoisotopic (exact) mass is 909 g/mol. The zero-order valence-corrected chi connectivity index (χ0v) is 30.0. The first-order chi connectivity index (χ1) is 15.4. The molecule has 2 N–H and O–H groups in total. The molecule has 2 heterocycles. The van der Waals surface area contributed by atoms with Gasteiger partial charge in [0.25, 0.3) is 0 Å². The molecule has 6 nitrogen and oxygen atoms in total. The topological polar surface area (TPSA) is 96.7 Å². The fraction of sp³-hybridized carbons (Fsp3) is 0.654. The van der Waals surface area contributed by atoms with Gasteiger partial charge in [0.2, 0.25) is 0 Å². The van der Waals surface area contributed by atoms with Crippen molar-refractivity contribution < 1.29 is 76.7 Å². The van der Waals surface area contributed by atoms with Gasteiger partial charge in [-0.15, -0.1) is 11.5 Å². The number of ether oxygens (including phenoxy) is 1. The Hall–Kier alpha value is -0.0248. The number of nitrogens with zero attached hydrogens (tertiary/aromatic N) is 1. The van der Waals surface area contributed by atoms with E-state index in [1.807, 2.05) is 25.3 Å². The van der Waals surface area contributed by atoms with Crippen molar-refractivity contribution in [2.45, 2.75) is 92.0 Å². The van der Waals surface area contributed by atoms with E-state index < -0.39 is 35.6 Å². The third-order valence-corrected chi connectivity index (χ3v) is 7.37. The molecule has 3 radical (unpaired) electrons. The Morgan fingerprint density at radius 3 is 2.50 bits per heavy atom. The van der Waals surface area contributed by atoms with Crippen LogP contribution in [0.5, 0.6) is 0 Å². The van der Waals surface area contributed by atoms with Gasteiger partial charge in [-0.3, -0.25) is 20.9 Å². The Kier molecular flexibility index (Phi) is 18.6. The third-order valence-electron chi connectivity index (χ3n) is 6.81. The van der Waals surface area contributed by atoms with Crippen molar-refractivity contribution >= 4 is 37.6 Å². The molecule has 0 aliphatic carbocycles. The number of aliphatic hydroxyl groups is 2. The van der Waals surface area contributed by atoms with Crippen molar-refractivity contribution in [1.29, 1.82) is 0 Å². The minimum atomic E-state index is -1.22. The molecule has 1 aromatic heterocycles. The molecule has 0 spiro atoms. The molecule has 0 bridgehead atoms. The predicted octanol–water partition coefficient (Wildman–Crippen LogP) is 4.37. The second-order valence-electron chi connectivity index (χ2n) is 9.97. The van der Waals surface area contributed by atoms with Crippen molar-refractivity contribution in [2.24, 2.45) is 17.3 Å². The SMILES string of the molecule is C/C1=C/C[C@@H](/C(C)=C/c2cs[c-]n2)OC(=O)C[C@H](O)C(C)(C)C(=O)[C@H](C)[C@@H](O)[C@@H](C)CCC1.[B].[U].[W]. The van der Waals surface area contributed by atoms with Crippen LogP contribution < -0.4 is 0 Å². The quantitative estimate of drug-likeness (QED) is 0.198. The second kappa shape index (κ2) is 17.5. The Bertz CT molecular complexity index is 878. The van der Waals surface area contributed by atoms with Crippen LogP contribution in [0.2, 0.25) is 0 Å². The van der Waals surface area contributed by atoms with E-state index in [0.717, 1.165) is 30.5 Å².